The molecular weight excluding hydrogens is 487 g/mol. The molecule has 0 spiro atoms. The van der Waals surface area contributed by atoms with Crippen LogP contribution in [0.5, 0.6) is 0 Å². The van der Waals surface area contributed by atoms with Crippen LogP contribution in [0.2, 0.25) is 0 Å². The molecule has 3 rings (SSSR count). The van der Waals surface area contributed by atoms with Crippen LogP contribution in [0, 0.1) is 26.6 Å². The second-order valence-corrected chi connectivity index (χ2v) is 10.7. The van der Waals surface area contributed by atoms with Gasteiger partial charge in [0.15, 0.2) is 0 Å². The summed E-state index contributed by atoms with van der Waals surface area (Å²) in [5.74, 6) is -0.380. The van der Waals surface area contributed by atoms with Gasteiger partial charge in [0, 0.05) is 11.0 Å². The molecule has 0 amide bonds. The Morgan fingerprint density at radius 3 is 1.95 bits per heavy atom. The lowest BCUT2D eigenvalue weighted by molar-refractivity contribution is -0.129. The number of benzene rings is 3. The topological polar surface area (TPSA) is 46.5 Å². The normalized spacial score (nSPS) is 12.2. The number of carbonyl (C=O) groups excluding carboxylic acids is 1. The van der Waals surface area contributed by atoms with Crippen LogP contribution in [0.4, 0.5) is 4.39 Å². The van der Waals surface area contributed by atoms with Crippen molar-refractivity contribution in [3.63, 3.8) is 0 Å². The molecule has 0 fully saturated rings. The maximum Gasteiger partial charge on any atom is 0.293 e. The first-order valence-electron chi connectivity index (χ1n) is 14.1. The highest BCUT2D eigenvalue weighted by Crippen LogP contribution is 2.42. The van der Waals surface area contributed by atoms with E-state index in [1.165, 1.54) is 22.8 Å². The first-order valence-corrected chi connectivity index (χ1v) is 14.1. The van der Waals surface area contributed by atoms with Crippen LogP contribution >= 0.6 is 0 Å². The van der Waals surface area contributed by atoms with Crippen molar-refractivity contribution in [2.45, 2.75) is 91.8 Å². The Morgan fingerprint density at radius 1 is 0.821 bits per heavy atom. The van der Waals surface area contributed by atoms with Crippen LogP contribution in [0.15, 0.2) is 54.6 Å². The Bertz CT molecular complexity index is 1310. The Morgan fingerprint density at radius 2 is 1.44 bits per heavy atom. The van der Waals surface area contributed by atoms with Crippen LogP contribution in [-0.4, -0.2) is 17.2 Å². The summed E-state index contributed by atoms with van der Waals surface area (Å²) in [5.41, 5.74) is 8.31. The van der Waals surface area contributed by atoms with Crippen molar-refractivity contribution in [1.82, 2.24) is 0 Å². The molecule has 0 saturated heterocycles. The number of carbonyl (C=O) groups is 1. The quantitative estimate of drug-likeness (QED) is 0.238. The summed E-state index contributed by atoms with van der Waals surface area (Å²) in [5, 5.41) is 10.7. The molecule has 0 heterocycles. The minimum absolute atomic E-state index is 0.0753. The maximum absolute atomic E-state index is 14.7. The molecule has 3 aromatic rings. The predicted molar refractivity (Wildman–Crippen MR) is 159 cm³/mol. The highest BCUT2D eigenvalue weighted by molar-refractivity contribution is 5.72. The molecule has 0 aliphatic carbocycles. The van der Waals surface area contributed by atoms with Gasteiger partial charge in [0.25, 0.3) is 6.47 Å². The van der Waals surface area contributed by atoms with Gasteiger partial charge in [-0.15, -0.1) is 0 Å². The molecule has 0 aliphatic rings. The lowest BCUT2D eigenvalue weighted by Gasteiger charge is -2.35. The van der Waals surface area contributed by atoms with E-state index >= 15 is 0 Å². The Balaban J connectivity index is 2.04. The summed E-state index contributed by atoms with van der Waals surface area (Å²) in [6, 6.07) is 16.3. The van der Waals surface area contributed by atoms with Crippen molar-refractivity contribution in [1.29, 1.82) is 0 Å². The second kappa shape index (κ2) is 12.7. The summed E-state index contributed by atoms with van der Waals surface area (Å²) >= 11 is 0. The monoisotopic (exact) mass is 530 g/mol. The molecule has 4 heteroatoms. The van der Waals surface area contributed by atoms with E-state index in [1.807, 2.05) is 32.1 Å². The standard InChI is InChI=1S/C35H43FO3/c1-8-34(38,9-2)17-16-27-14-15-30(18-24(27)5)35(10-3,11-4)31-19-25(6)33(26(7)20-31)28-12-13-29(22-39-23-37)32(36)21-28/h12-21,23,38H,8-11,22H2,1-7H3. The first-order chi connectivity index (χ1) is 18.6. The van der Waals surface area contributed by atoms with Crippen LogP contribution in [0.3, 0.4) is 0 Å². The van der Waals surface area contributed by atoms with Crippen molar-refractivity contribution in [3.05, 3.63) is 99.4 Å². The van der Waals surface area contributed by atoms with Gasteiger partial charge in [-0.2, -0.15) is 0 Å². The molecule has 0 radical (unpaired) electrons. The summed E-state index contributed by atoms with van der Waals surface area (Å²) in [7, 11) is 0. The smallest absolute Gasteiger partial charge is 0.293 e. The fourth-order valence-electron chi connectivity index (χ4n) is 5.76. The van der Waals surface area contributed by atoms with Gasteiger partial charge >= 0.3 is 0 Å². The minimum atomic E-state index is -0.773. The average molecular weight is 531 g/mol. The minimum Gasteiger partial charge on any atom is -0.463 e. The predicted octanol–water partition coefficient (Wildman–Crippen LogP) is 8.76. The number of rotatable bonds is 12. The third kappa shape index (κ3) is 6.33. The van der Waals surface area contributed by atoms with Crippen LogP contribution in [0.25, 0.3) is 17.2 Å². The summed E-state index contributed by atoms with van der Waals surface area (Å²) in [4.78, 5) is 10.5. The molecule has 0 aromatic heterocycles. The Kier molecular flexibility index (Phi) is 9.90. The zero-order valence-corrected chi connectivity index (χ0v) is 24.5. The molecule has 39 heavy (non-hydrogen) atoms. The number of hydrogen-bond donors (Lipinski definition) is 1. The highest BCUT2D eigenvalue weighted by atomic mass is 19.1. The van der Waals surface area contributed by atoms with Crippen molar-refractivity contribution in [2.75, 3.05) is 0 Å². The third-order valence-corrected chi connectivity index (χ3v) is 8.56. The van der Waals surface area contributed by atoms with Gasteiger partial charge < -0.3 is 9.84 Å². The van der Waals surface area contributed by atoms with Crippen molar-refractivity contribution < 1.29 is 19.0 Å². The van der Waals surface area contributed by atoms with Gasteiger partial charge in [-0.05, 0) is 97.0 Å². The molecule has 0 saturated carbocycles. The van der Waals surface area contributed by atoms with Crippen molar-refractivity contribution in [2.24, 2.45) is 0 Å². The van der Waals surface area contributed by atoms with Gasteiger partial charge in [0.05, 0.1) is 5.60 Å². The number of halogens is 1. The van der Waals surface area contributed by atoms with Crippen LogP contribution in [-0.2, 0) is 21.6 Å². The summed E-state index contributed by atoms with van der Waals surface area (Å²) in [6.07, 6.45) is 7.24. The zero-order chi connectivity index (χ0) is 28.8. The lowest BCUT2D eigenvalue weighted by atomic mass is 9.69. The SMILES string of the molecule is CCC(O)(C=Cc1ccc(C(CC)(CC)c2cc(C)c(-c3ccc(COC=O)c(F)c3)c(C)c2)cc1C)CC. The van der Waals surface area contributed by atoms with Gasteiger partial charge in [0.1, 0.15) is 12.4 Å². The number of aliphatic hydroxyl groups is 1. The molecule has 0 unspecified atom stereocenters. The molecule has 1 N–H and O–H groups in total. The van der Waals surface area contributed by atoms with E-state index < -0.39 is 5.60 Å². The van der Waals surface area contributed by atoms with E-state index in [9.17, 15) is 14.3 Å². The van der Waals surface area contributed by atoms with Crippen LogP contribution < -0.4 is 0 Å². The van der Waals surface area contributed by atoms with E-state index in [0.717, 1.165) is 40.7 Å². The lowest BCUT2D eigenvalue weighted by Crippen LogP contribution is -2.26. The molecule has 208 valence electrons. The van der Waals surface area contributed by atoms with Gasteiger partial charge in [-0.25, -0.2) is 4.39 Å². The van der Waals surface area contributed by atoms with E-state index in [-0.39, 0.29) is 17.8 Å². The van der Waals surface area contributed by atoms with Gasteiger partial charge in [-0.1, -0.05) is 82.3 Å². The van der Waals surface area contributed by atoms with Gasteiger partial charge in [0.2, 0.25) is 0 Å². The van der Waals surface area contributed by atoms with Crippen molar-refractivity contribution >= 4 is 12.5 Å². The van der Waals surface area contributed by atoms with E-state index in [2.05, 4.69) is 65.0 Å². The molecule has 0 aliphatic heterocycles. The molecule has 3 nitrogen and oxygen atoms in total. The van der Waals surface area contributed by atoms with E-state index in [4.69, 9.17) is 4.74 Å². The summed E-state index contributed by atoms with van der Waals surface area (Å²) < 4.78 is 19.5. The number of hydrogen-bond acceptors (Lipinski definition) is 3. The third-order valence-electron chi connectivity index (χ3n) is 8.56. The molecule has 3 aromatic carbocycles. The molecule has 0 atom stereocenters. The Labute approximate surface area is 233 Å². The highest BCUT2D eigenvalue weighted by Gasteiger charge is 2.32. The molecule has 0 bridgehead atoms. The van der Waals surface area contributed by atoms with Crippen LogP contribution in [0.1, 0.15) is 92.3 Å². The number of ether oxygens (including phenoxy) is 1. The number of aryl methyl sites for hydroxylation is 3. The van der Waals surface area contributed by atoms with E-state index in [1.54, 1.807) is 6.07 Å². The largest absolute Gasteiger partial charge is 0.463 e. The fraction of sp³-hybridized carbons (Fsp3) is 0.400. The van der Waals surface area contributed by atoms with E-state index in [0.29, 0.717) is 24.9 Å². The maximum atomic E-state index is 14.7. The Hall–Kier alpha value is -3.24. The zero-order valence-electron chi connectivity index (χ0n) is 24.5. The van der Waals surface area contributed by atoms with Gasteiger partial charge in [-0.3, -0.25) is 4.79 Å². The average Bonchev–Trinajstić information content (AvgIpc) is 2.92. The fourth-order valence-corrected chi connectivity index (χ4v) is 5.76. The molecular formula is C35H43FO3. The summed E-state index contributed by atoms with van der Waals surface area (Å²) in [6.45, 7) is 15.1. The van der Waals surface area contributed by atoms with Crippen molar-refractivity contribution in [3.8, 4) is 11.1 Å². The first kappa shape index (κ1) is 30.3. The second-order valence-electron chi connectivity index (χ2n) is 10.7.